The van der Waals surface area contributed by atoms with Crippen molar-refractivity contribution in [3.8, 4) is 5.75 Å². The van der Waals surface area contributed by atoms with E-state index in [9.17, 15) is 23.3 Å². The van der Waals surface area contributed by atoms with E-state index < -0.39 is 27.4 Å². The maximum Gasteiger partial charge on any atom is 0.271 e. The van der Waals surface area contributed by atoms with E-state index in [1.165, 1.54) is 79.9 Å². The Bertz CT molecular complexity index is 1230. The van der Waals surface area contributed by atoms with Gasteiger partial charge in [-0.15, -0.1) is 0 Å². The highest BCUT2D eigenvalue weighted by Gasteiger charge is 2.27. The quantitative estimate of drug-likeness (QED) is 0.387. The first-order valence-electron chi connectivity index (χ1n) is 9.17. The molecule has 1 amide bonds. The molecule has 0 heterocycles. The summed E-state index contributed by atoms with van der Waals surface area (Å²) in [6.07, 6.45) is 0. The third-order valence-electron chi connectivity index (χ3n) is 4.39. The molecule has 0 atom stereocenters. The molecule has 0 aliphatic carbocycles. The van der Waals surface area contributed by atoms with E-state index in [-0.39, 0.29) is 22.0 Å². The van der Waals surface area contributed by atoms with Crippen LogP contribution in [0.2, 0.25) is 5.02 Å². The van der Waals surface area contributed by atoms with Crippen molar-refractivity contribution in [1.29, 1.82) is 0 Å². The molecule has 0 bridgehead atoms. The molecule has 0 radical (unpaired) electrons. The molecule has 0 aliphatic rings. The number of hydrogen-bond acceptors (Lipinski definition) is 6. The highest BCUT2D eigenvalue weighted by molar-refractivity contribution is 7.92. The number of hydrogen-bond donors (Lipinski definition) is 1. The molecule has 9 nitrogen and oxygen atoms in total. The van der Waals surface area contributed by atoms with Crippen molar-refractivity contribution < 1.29 is 22.9 Å². The SMILES string of the molecule is COc1ccc(S(=O)(=O)N(CC(=O)Nc2cccc([N+](=O)[O-])c2)c2ccc(Cl)cc2)cc1. The molecule has 11 heteroatoms. The molecule has 0 aromatic heterocycles. The second kappa shape index (κ2) is 9.67. The Labute approximate surface area is 189 Å². The van der Waals surface area contributed by atoms with Crippen molar-refractivity contribution in [3.05, 3.63) is 87.9 Å². The molecule has 3 aromatic carbocycles. The van der Waals surface area contributed by atoms with Crippen LogP contribution in [-0.4, -0.2) is 32.9 Å². The molecule has 1 N–H and O–H groups in total. The number of benzene rings is 3. The van der Waals surface area contributed by atoms with E-state index in [1.54, 1.807) is 0 Å². The molecule has 166 valence electrons. The minimum absolute atomic E-state index is 0.0450. The number of non-ortho nitro benzene ring substituents is 1. The van der Waals surface area contributed by atoms with E-state index in [0.717, 1.165) is 4.31 Å². The summed E-state index contributed by atoms with van der Waals surface area (Å²) in [6, 6.07) is 17.0. The molecule has 0 fully saturated rings. The number of methoxy groups -OCH3 is 1. The maximum atomic E-state index is 13.3. The zero-order valence-electron chi connectivity index (χ0n) is 16.8. The minimum Gasteiger partial charge on any atom is -0.497 e. The Kier molecular flexibility index (Phi) is 6.96. The Morgan fingerprint density at radius 3 is 2.34 bits per heavy atom. The number of nitro benzene ring substituents is 1. The van der Waals surface area contributed by atoms with Gasteiger partial charge in [0.2, 0.25) is 5.91 Å². The molecule has 0 unspecified atom stereocenters. The Morgan fingerprint density at radius 2 is 1.75 bits per heavy atom. The number of carbonyl (C=O) groups excluding carboxylic acids is 1. The zero-order chi connectivity index (χ0) is 23.3. The zero-order valence-corrected chi connectivity index (χ0v) is 18.3. The van der Waals surface area contributed by atoms with Crippen LogP contribution in [0.15, 0.2) is 77.7 Å². The van der Waals surface area contributed by atoms with Gasteiger partial charge >= 0.3 is 0 Å². The van der Waals surface area contributed by atoms with Crippen molar-refractivity contribution in [2.24, 2.45) is 0 Å². The van der Waals surface area contributed by atoms with Crippen molar-refractivity contribution in [2.45, 2.75) is 4.90 Å². The second-order valence-electron chi connectivity index (χ2n) is 6.52. The number of amides is 1. The molecule has 0 spiro atoms. The summed E-state index contributed by atoms with van der Waals surface area (Å²) in [4.78, 5) is 23.0. The normalized spacial score (nSPS) is 10.9. The highest BCUT2D eigenvalue weighted by Crippen LogP contribution is 2.26. The predicted octanol–water partition coefficient (Wildman–Crippen LogP) is 4.09. The number of nitro groups is 1. The first-order valence-corrected chi connectivity index (χ1v) is 11.0. The monoisotopic (exact) mass is 475 g/mol. The highest BCUT2D eigenvalue weighted by atomic mass is 35.5. The number of anilines is 2. The van der Waals surface area contributed by atoms with Crippen LogP contribution in [0.25, 0.3) is 0 Å². The van der Waals surface area contributed by atoms with Crippen LogP contribution in [0.1, 0.15) is 0 Å². The summed E-state index contributed by atoms with van der Waals surface area (Å²) in [5.41, 5.74) is 0.185. The number of halogens is 1. The number of sulfonamides is 1. The van der Waals surface area contributed by atoms with E-state index in [4.69, 9.17) is 16.3 Å². The summed E-state index contributed by atoms with van der Waals surface area (Å²) in [6.45, 7) is -0.571. The fourth-order valence-electron chi connectivity index (χ4n) is 2.83. The molecule has 3 rings (SSSR count). The molecule has 0 saturated heterocycles. The van der Waals surface area contributed by atoms with Crippen LogP contribution >= 0.6 is 11.6 Å². The van der Waals surface area contributed by atoms with Gasteiger partial charge in [-0.05, 0) is 54.6 Å². The van der Waals surface area contributed by atoms with Crippen molar-refractivity contribution in [3.63, 3.8) is 0 Å². The van der Waals surface area contributed by atoms with Crippen LogP contribution < -0.4 is 14.4 Å². The van der Waals surface area contributed by atoms with Gasteiger partial charge in [-0.3, -0.25) is 19.2 Å². The Balaban J connectivity index is 1.92. The Hall–Kier alpha value is -3.63. The number of ether oxygens (including phenoxy) is 1. The fraction of sp³-hybridized carbons (Fsp3) is 0.0952. The first kappa shape index (κ1) is 23.0. The van der Waals surface area contributed by atoms with Crippen LogP contribution in [0.3, 0.4) is 0 Å². The topological polar surface area (TPSA) is 119 Å². The minimum atomic E-state index is -4.14. The van der Waals surface area contributed by atoms with Crippen molar-refractivity contribution in [1.82, 2.24) is 0 Å². The van der Waals surface area contributed by atoms with E-state index in [0.29, 0.717) is 10.8 Å². The standard InChI is InChI=1S/C21H18ClN3O6S/c1-31-19-9-11-20(12-10-19)32(29,30)24(17-7-5-15(22)6-8-17)14-21(26)23-16-3-2-4-18(13-16)25(27)28/h2-13H,14H2,1H3,(H,23,26). The van der Waals surface area contributed by atoms with Gasteiger partial charge in [0, 0.05) is 22.8 Å². The lowest BCUT2D eigenvalue weighted by molar-refractivity contribution is -0.384. The van der Waals surface area contributed by atoms with Gasteiger partial charge in [0.25, 0.3) is 15.7 Å². The van der Waals surface area contributed by atoms with E-state index in [1.807, 2.05) is 0 Å². The van der Waals surface area contributed by atoms with Gasteiger partial charge < -0.3 is 10.1 Å². The molecular weight excluding hydrogens is 458 g/mol. The first-order chi connectivity index (χ1) is 15.2. The lowest BCUT2D eigenvalue weighted by atomic mass is 10.3. The number of rotatable bonds is 8. The molecule has 0 aliphatic heterocycles. The van der Waals surface area contributed by atoms with Crippen LogP contribution in [0.4, 0.5) is 17.1 Å². The van der Waals surface area contributed by atoms with Gasteiger partial charge in [0.05, 0.1) is 22.6 Å². The van der Waals surface area contributed by atoms with Crippen molar-refractivity contribution >= 4 is 44.6 Å². The summed E-state index contributed by atoms with van der Waals surface area (Å²) in [5.74, 6) is -0.206. The van der Waals surface area contributed by atoms with Gasteiger partial charge in [-0.1, -0.05) is 17.7 Å². The van der Waals surface area contributed by atoms with Gasteiger partial charge in [-0.25, -0.2) is 8.42 Å². The molecule has 0 saturated carbocycles. The van der Waals surface area contributed by atoms with Crippen molar-refractivity contribution in [2.75, 3.05) is 23.3 Å². The molecule has 3 aromatic rings. The summed E-state index contributed by atoms with van der Waals surface area (Å²) in [7, 11) is -2.68. The average Bonchev–Trinajstić information content (AvgIpc) is 2.78. The number of carbonyl (C=O) groups is 1. The maximum absolute atomic E-state index is 13.3. The number of nitrogens with zero attached hydrogens (tertiary/aromatic N) is 2. The second-order valence-corrected chi connectivity index (χ2v) is 8.82. The summed E-state index contributed by atoms with van der Waals surface area (Å²) < 4.78 is 32.7. The Morgan fingerprint density at radius 1 is 1.09 bits per heavy atom. The smallest absolute Gasteiger partial charge is 0.271 e. The third-order valence-corrected chi connectivity index (χ3v) is 6.43. The van der Waals surface area contributed by atoms with Gasteiger partial charge in [-0.2, -0.15) is 0 Å². The molecular formula is C21H18ClN3O6S. The van der Waals surface area contributed by atoms with E-state index in [2.05, 4.69) is 5.32 Å². The van der Waals surface area contributed by atoms with Gasteiger partial charge in [0.15, 0.2) is 0 Å². The fourth-order valence-corrected chi connectivity index (χ4v) is 4.37. The predicted molar refractivity (Wildman–Crippen MR) is 121 cm³/mol. The third kappa shape index (κ3) is 5.34. The van der Waals surface area contributed by atoms with Crippen LogP contribution in [-0.2, 0) is 14.8 Å². The van der Waals surface area contributed by atoms with Crippen LogP contribution in [0.5, 0.6) is 5.75 Å². The van der Waals surface area contributed by atoms with E-state index >= 15 is 0 Å². The average molecular weight is 476 g/mol. The largest absolute Gasteiger partial charge is 0.497 e. The molecule has 32 heavy (non-hydrogen) atoms. The summed E-state index contributed by atoms with van der Waals surface area (Å²) >= 11 is 5.92. The number of nitrogens with one attached hydrogen (secondary N) is 1. The summed E-state index contributed by atoms with van der Waals surface area (Å²) in [5, 5.41) is 13.8. The van der Waals surface area contributed by atoms with Gasteiger partial charge in [0.1, 0.15) is 12.3 Å². The lowest BCUT2D eigenvalue weighted by Gasteiger charge is -2.24. The van der Waals surface area contributed by atoms with Crippen LogP contribution in [0, 0.1) is 10.1 Å². The lowest BCUT2D eigenvalue weighted by Crippen LogP contribution is -2.38.